The van der Waals surface area contributed by atoms with E-state index in [1.54, 1.807) is 23.5 Å². The Hall–Kier alpha value is -3.26. The fourth-order valence-corrected chi connectivity index (χ4v) is 4.50. The number of thiazole rings is 1. The summed E-state index contributed by atoms with van der Waals surface area (Å²) in [4.78, 5) is 16.2. The van der Waals surface area contributed by atoms with Crippen LogP contribution in [-0.2, 0) is 11.2 Å². The van der Waals surface area contributed by atoms with Gasteiger partial charge in [-0.1, -0.05) is 6.92 Å². The van der Waals surface area contributed by atoms with Crippen molar-refractivity contribution in [3.63, 3.8) is 0 Å². The number of nitrogens with zero attached hydrogens (tertiary/aromatic N) is 5. The van der Waals surface area contributed by atoms with Crippen molar-refractivity contribution in [2.75, 3.05) is 18.5 Å². The minimum Gasteiger partial charge on any atom is -0.472 e. The summed E-state index contributed by atoms with van der Waals surface area (Å²) >= 11 is 1.54. The van der Waals surface area contributed by atoms with E-state index in [1.807, 2.05) is 37.7 Å². The third-order valence-electron chi connectivity index (χ3n) is 5.29. The number of imidazole rings is 1. The molecule has 1 aromatic carbocycles. The van der Waals surface area contributed by atoms with Crippen molar-refractivity contribution in [1.82, 2.24) is 14.4 Å². The highest BCUT2D eigenvalue weighted by Gasteiger charge is 2.22. The maximum Gasteiger partial charge on any atom is 0.218 e. The number of benzene rings is 1. The van der Waals surface area contributed by atoms with E-state index in [-0.39, 0.29) is 11.9 Å². The van der Waals surface area contributed by atoms with Crippen molar-refractivity contribution >= 4 is 33.8 Å². The molecule has 4 heterocycles. The standard InChI is InChI=1S/C23H22FN5OS/c1-4-18-22(28(3)23-27-19(13-31-23)15-5-8-17(24)9-6-15)29-12-16(7-10-20(29)26-18)21-25-11-14(2)30-21/h5-10,12-14H,4,11H2,1-3H3. The van der Waals surface area contributed by atoms with Crippen LogP contribution in [0.3, 0.4) is 0 Å². The molecule has 0 saturated heterocycles. The molecule has 0 fully saturated rings. The van der Waals surface area contributed by atoms with Crippen LogP contribution < -0.4 is 4.90 Å². The molecule has 0 N–H and O–H groups in total. The zero-order valence-electron chi connectivity index (χ0n) is 17.5. The monoisotopic (exact) mass is 435 g/mol. The lowest BCUT2D eigenvalue weighted by molar-refractivity contribution is 0.246. The molecule has 0 aliphatic carbocycles. The molecule has 6 nitrogen and oxygen atoms in total. The molecule has 3 aromatic heterocycles. The molecule has 8 heteroatoms. The first-order valence-electron chi connectivity index (χ1n) is 10.2. The molecular formula is C23H22FN5OS. The fraction of sp³-hybridized carbons (Fsp3) is 0.261. The van der Waals surface area contributed by atoms with Crippen molar-refractivity contribution in [3.05, 3.63) is 65.0 Å². The molecule has 5 rings (SSSR count). The van der Waals surface area contributed by atoms with Gasteiger partial charge in [-0.15, -0.1) is 11.3 Å². The molecule has 1 aliphatic heterocycles. The van der Waals surface area contributed by atoms with Crippen LogP contribution in [0.15, 0.2) is 53.0 Å². The first kappa shape index (κ1) is 19.7. The first-order chi connectivity index (χ1) is 15.0. The quantitative estimate of drug-likeness (QED) is 0.438. The Morgan fingerprint density at radius 1 is 1.16 bits per heavy atom. The van der Waals surface area contributed by atoms with Crippen molar-refractivity contribution in [3.8, 4) is 11.3 Å². The summed E-state index contributed by atoms with van der Waals surface area (Å²) in [6, 6.07) is 10.4. The molecule has 1 unspecified atom stereocenters. The van der Waals surface area contributed by atoms with E-state index < -0.39 is 0 Å². The topological polar surface area (TPSA) is 55.0 Å². The second-order valence-electron chi connectivity index (χ2n) is 7.54. The molecule has 0 spiro atoms. The molecule has 0 radical (unpaired) electrons. The molecule has 1 aliphatic rings. The molecule has 31 heavy (non-hydrogen) atoms. The van der Waals surface area contributed by atoms with Gasteiger partial charge in [-0.25, -0.2) is 19.4 Å². The minimum absolute atomic E-state index is 0.0991. The average molecular weight is 436 g/mol. The lowest BCUT2D eigenvalue weighted by Crippen LogP contribution is -2.14. The lowest BCUT2D eigenvalue weighted by atomic mass is 10.2. The largest absolute Gasteiger partial charge is 0.472 e. The summed E-state index contributed by atoms with van der Waals surface area (Å²) in [5.41, 5.74) is 4.49. The molecule has 4 aromatic rings. The van der Waals surface area contributed by atoms with Gasteiger partial charge >= 0.3 is 0 Å². The maximum absolute atomic E-state index is 13.3. The average Bonchev–Trinajstić information content (AvgIpc) is 3.51. The van der Waals surface area contributed by atoms with Gasteiger partial charge in [0.15, 0.2) is 5.13 Å². The SMILES string of the molecule is CCc1nc2ccc(C3=NCC(C)O3)cn2c1N(C)c1nc(-c2ccc(F)cc2)cs1. The predicted octanol–water partition coefficient (Wildman–Crippen LogP) is 5.09. The van der Waals surface area contributed by atoms with Crippen LogP contribution in [0.4, 0.5) is 15.3 Å². The number of halogens is 1. The zero-order valence-corrected chi connectivity index (χ0v) is 18.4. The zero-order chi connectivity index (χ0) is 21.5. The van der Waals surface area contributed by atoms with E-state index in [9.17, 15) is 4.39 Å². The number of aryl methyl sites for hydroxylation is 1. The molecule has 0 bridgehead atoms. The highest BCUT2D eigenvalue weighted by molar-refractivity contribution is 7.14. The molecule has 0 amide bonds. The lowest BCUT2D eigenvalue weighted by Gasteiger charge is -2.17. The first-order valence-corrected chi connectivity index (χ1v) is 11.1. The van der Waals surface area contributed by atoms with E-state index in [2.05, 4.69) is 21.2 Å². The van der Waals surface area contributed by atoms with E-state index in [4.69, 9.17) is 14.7 Å². The molecule has 0 saturated carbocycles. The number of fused-ring (bicyclic) bond motifs is 1. The number of hydrogen-bond acceptors (Lipinski definition) is 6. The Labute approximate surface area is 183 Å². The summed E-state index contributed by atoms with van der Waals surface area (Å²) in [5, 5.41) is 2.83. The van der Waals surface area contributed by atoms with Gasteiger partial charge in [0.05, 0.1) is 23.5 Å². The minimum atomic E-state index is -0.254. The van der Waals surface area contributed by atoms with Crippen LogP contribution >= 0.6 is 11.3 Å². The summed E-state index contributed by atoms with van der Waals surface area (Å²) < 4.78 is 21.2. The number of aromatic nitrogens is 3. The number of pyridine rings is 1. The number of ether oxygens (including phenoxy) is 1. The Kier molecular flexibility index (Phi) is 4.94. The van der Waals surface area contributed by atoms with Gasteiger partial charge < -0.3 is 9.64 Å². The van der Waals surface area contributed by atoms with Crippen LogP contribution in [0.2, 0.25) is 0 Å². The van der Waals surface area contributed by atoms with Crippen molar-refractivity contribution in [2.24, 2.45) is 4.99 Å². The molecule has 1 atom stereocenters. The highest BCUT2D eigenvalue weighted by Crippen LogP contribution is 2.34. The van der Waals surface area contributed by atoms with Gasteiger partial charge in [0, 0.05) is 24.2 Å². The van der Waals surface area contributed by atoms with Gasteiger partial charge in [0.25, 0.3) is 0 Å². The third-order valence-corrected chi connectivity index (χ3v) is 6.20. The smallest absolute Gasteiger partial charge is 0.218 e. The van der Waals surface area contributed by atoms with E-state index in [1.165, 1.54) is 12.1 Å². The fourth-order valence-electron chi connectivity index (χ4n) is 3.70. The second-order valence-corrected chi connectivity index (χ2v) is 8.37. The van der Waals surface area contributed by atoms with Crippen LogP contribution in [0.25, 0.3) is 16.9 Å². The molecule has 158 valence electrons. The number of anilines is 2. The van der Waals surface area contributed by atoms with Crippen LogP contribution in [0, 0.1) is 5.82 Å². The summed E-state index contributed by atoms with van der Waals surface area (Å²) in [6.45, 7) is 4.79. The number of rotatable bonds is 5. The van der Waals surface area contributed by atoms with Gasteiger partial charge in [-0.05, 0) is 49.7 Å². The van der Waals surface area contributed by atoms with E-state index in [0.717, 1.165) is 45.5 Å². The van der Waals surface area contributed by atoms with Crippen LogP contribution in [0.1, 0.15) is 25.1 Å². The highest BCUT2D eigenvalue weighted by atomic mass is 32.1. The van der Waals surface area contributed by atoms with Gasteiger partial charge in [-0.2, -0.15) is 0 Å². The van der Waals surface area contributed by atoms with E-state index in [0.29, 0.717) is 12.4 Å². The van der Waals surface area contributed by atoms with Gasteiger partial charge in [0.2, 0.25) is 5.90 Å². The van der Waals surface area contributed by atoms with Gasteiger partial charge in [0.1, 0.15) is 23.4 Å². The van der Waals surface area contributed by atoms with Crippen molar-refractivity contribution < 1.29 is 9.13 Å². The Bertz CT molecular complexity index is 1280. The third kappa shape index (κ3) is 3.57. The summed E-state index contributed by atoms with van der Waals surface area (Å²) in [5.74, 6) is 1.38. The van der Waals surface area contributed by atoms with Crippen LogP contribution in [0.5, 0.6) is 0 Å². The normalized spacial score (nSPS) is 15.9. The number of hydrogen-bond donors (Lipinski definition) is 0. The van der Waals surface area contributed by atoms with Gasteiger partial charge in [-0.3, -0.25) is 4.40 Å². The predicted molar refractivity (Wildman–Crippen MR) is 122 cm³/mol. The Morgan fingerprint density at radius 2 is 1.94 bits per heavy atom. The maximum atomic E-state index is 13.3. The second kappa shape index (κ2) is 7.77. The Balaban J connectivity index is 1.54. The van der Waals surface area contributed by atoms with Crippen molar-refractivity contribution in [1.29, 1.82) is 0 Å². The Morgan fingerprint density at radius 3 is 2.65 bits per heavy atom. The van der Waals surface area contributed by atoms with Crippen LogP contribution in [-0.4, -0.2) is 40.0 Å². The molecular weight excluding hydrogens is 413 g/mol. The summed E-state index contributed by atoms with van der Waals surface area (Å²) in [6.07, 6.45) is 2.92. The summed E-state index contributed by atoms with van der Waals surface area (Å²) in [7, 11) is 1.99. The number of aliphatic imine (C=N–C) groups is 1. The van der Waals surface area contributed by atoms with Crippen molar-refractivity contribution in [2.45, 2.75) is 26.4 Å². The van der Waals surface area contributed by atoms with E-state index >= 15 is 0 Å².